The number of nitrogens with zero attached hydrogens (tertiary/aromatic N) is 1. The number of aliphatic imine (C=N–C) groups is 1. The molecule has 29 heavy (non-hydrogen) atoms. The van der Waals surface area contributed by atoms with Gasteiger partial charge >= 0.3 is 11.9 Å². The summed E-state index contributed by atoms with van der Waals surface area (Å²) >= 11 is 0. The molecule has 1 aliphatic heterocycles. The summed E-state index contributed by atoms with van der Waals surface area (Å²) in [5.74, 6) is -4.90. The standard InChI is InChI=1S/C22H24FNO5/c1-5-29-22(27)17-12(3)24-15-9-11(2)16(21(26)28-4)20(25)19(15)18(17)13-7-6-8-14(23)10-13/h6-8,10-11,16,18-19H,5,9H2,1-4H3/t11-,16-,18+,19+/m1/s1. The predicted octanol–water partition coefficient (Wildman–Crippen LogP) is 3.22. The Bertz CT molecular complexity index is 920. The number of benzene rings is 1. The molecule has 1 saturated carbocycles. The molecule has 1 aromatic carbocycles. The molecule has 6 nitrogen and oxygen atoms in total. The fraction of sp³-hybridized carbons (Fsp3) is 0.455. The number of methoxy groups -OCH3 is 1. The first-order valence-corrected chi connectivity index (χ1v) is 9.62. The number of esters is 2. The fourth-order valence-corrected chi connectivity index (χ4v) is 4.37. The third-order valence-corrected chi connectivity index (χ3v) is 5.58. The molecule has 0 saturated heterocycles. The molecule has 0 radical (unpaired) electrons. The van der Waals surface area contributed by atoms with Crippen LogP contribution in [0.2, 0.25) is 0 Å². The Morgan fingerprint density at radius 1 is 1.28 bits per heavy atom. The lowest BCUT2D eigenvalue weighted by molar-refractivity contribution is -0.152. The summed E-state index contributed by atoms with van der Waals surface area (Å²) in [5, 5.41) is 0. The van der Waals surface area contributed by atoms with Crippen molar-refractivity contribution in [3.63, 3.8) is 0 Å². The second-order valence-electron chi connectivity index (χ2n) is 7.42. The summed E-state index contributed by atoms with van der Waals surface area (Å²) in [4.78, 5) is 43.0. The molecule has 1 heterocycles. The van der Waals surface area contributed by atoms with Crippen LogP contribution in [0, 0.1) is 23.6 Å². The lowest BCUT2D eigenvalue weighted by Crippen LogP contribution is -2.48. The first-order chi connectivity index (χ1) is 13.8. The number of allylic oxidation sites excluding steroid dienone is 1. The monoisotopic (exact) mass is 401 g/mol. The number of hydrogen-bond acceptors (Lipinski definition) is 6. The molecule has 0 bridgehead atoms. The molecule has 4 atom stereocenters. The van der Waals surface area contributed by atoms with Gasteiger partial charge in [0, 0.05) is 17.3 Å². The molecule has 0 N–H and O–H groups in total. The predicted molar refractivity (Wildman–Crippen MR) is 104 cm³/mol. The Balaban J connectivity index is 2.18. The third kappa shape index (κ3) is 3.73. The van der Waals surface area contributed by atoms with Crippen molar-refractivity contribution in [3.8, 4) is 0 Å². The first kappa shape index (κ1) is 20.9. The van der Waals surface area contributed by atoms with Crippen LogP contribution in [0.3, 0.4) is 0 Å². The Kier molecular flexibility index (Phi) is 5.96. The number of ketones is 1. The summed E-state index contributed by atoms with van der Waals surface area (Å²) in [5.41, 5.74) is 1.73. The van der Waals surface area contributed by atoms with Crippen LogP contribution in [0.15, 0.2) is 40.5 Å². The van der Waals surface area contributed by atoms with Gasteiger partial charge in [-0.1, -0.05) is 19.1 Å². The van der Waals surface area contributed by atoms with Gasteiger partial charge in [0.05, 0.1) is 25.2 Å². The fourth-order valence-electron chi connectivity index (χ4n) is 4.37. The highest BCUT2D eigenvalue weighted by Gasteiger charge is 2.51. The summed E-state index contributed by atoms with van der Waals surface area (Å²) in [7, 11) is 1.24. The van der Waals surface area contributed by atoms with Crippen LogP contribution in [0.25, 0.3) is 0 Å². The van der Waals surface area contributed by atoms with Crippen LogP contribution in [0.5, 0.6) is 0 Å². The minimum Gasteiger partial charge on any atom is -0.468 e. The molecule has 3 rings (SSSR count). The Labute approximate surface area is 168 Å². The van der Waals surface area contributed by atoms with Gasteiger partial charge in [0.2, 0.25) is 0 Å². The summed E-state index contributed by atoms with van der Waals surface area (Å²) in [6.45, 7) is 5.32. The highest BCUT2D eigenvalue weighted by atomic mass is 19.1. The van der Waals surface area contributed by atoms with Crippen molar-refractivity contribution in [1.29, 1.82) is 0 Å². The molecule has 1 aliphatic carbocycles. The van der Waals surface area contributed by atoms with Gasteiger partial charge in [-0.2, -0.15) is 0 Å². The molecule has 0 unspecified atom stereocenters. The van der Waals surface area contributed by atoms with Crippen molar-refractivity contribution in [2.45, 2.75) is 33.1 Å². The average Bonchev–Trinajstić information content (AvgIpc) is 2.66. The third-order valence-electron chi connectivity index (χ3n) is 5.58. The second kappa shape index (κ2) is 8.27. The van der Waals surface area contributed by atoms with Gasteiger partial charge in [-0.3, -0.25) is 14.6 Å². The normalized spacial score (nSPS) is 26.5. The Hall–Kier alpha value is -2.83. The second-order valence-corrected chi connectivity index (χ2v) is 7.42. The molecule has 0 aromatic heterocycles. The molecule has 2 aliphatic rings. The Morgan fingerprint density at radius 2 is 2.00 bits per heavy atom. The van der Waals surface area contributed by atoms with Crippen LogP contribution >= 0.6 is 0 Å². The number of ether oxygens (including phenoxy) is 2. The van der Waals surface area contributed by atoms with Crippen LogP contribution in [-0.4, -0.2) is 37.2 Å². The van der Waals surface area contributed by atoms with Crippen molar-refractivity contribution in [2.24, 2.45) is 22.7 Å². The van der Waals surface area contributed by atoms with E-state index in [1.54, 1.807) is 26.8 Å². The number of rotatable bonds is 4. The topological polar surface area (TPSA) is 82.0 Å². The quantitative estimate of drug-likeness (QED) is 0.572. The van der Waals surface area contributed by atoms with E-state index >= 15 is 0 Å². The zero-order chi connectivity index (χ0) is 21.3. The Morgan fingerprint density at radius 3 is 2.62 bits per heavy atom. The average molecular weight is 401 g/mol. The minimum atomic E-state index is -0.957. The summed E-state index contributed by atoms with van der Waals surface area (Å²) in [6, 6.07) is 5.80. The van der Waals surface area contributed by atoms with Crippen molar-refractivity contribution in [1.82, 2.24) is 0 Å². The van der Waals surface area contributed by atoms with E-state index in [9.17, 15) is 18.8 Å². The van der Waals surface area contributed by atoms with E-state index in [1.807, 2.05) is 0 Å². The van der Waals surface area contributed by atoms with Crippen molar-refractivity contribution in [2.75, 3.05) is 13.7 Å². The molecular weight excluding hydrogens is 377 g/mol. The van der Waals surface area contributed by atoms with E-state index < -0.39 is 35.5 Å². The maximum atomic E-state index is 14.0. The first-order valence-electron chi connectivity index (χ1n) is 9.62. The summed E-state index contributed by atoms with van der Waals surface area (Å²) < 4.78 is 24.1. The molecule has 1 fully saturated rings. The van der Waals surface area contributed by atoms with Crippen molar-refractivity contribution < 1.29 is 28.2 Å². The smallest absolute Gasteiger partial charge is 0.336 e. The van der Waals surface area contributed by atoms with Gasteiger partial charge in [-0.15, -0.1) is 0 Å². The van der Waals surface area contributed by atoms with Gasteiger partial charge in [0.15, 0.2) is 5.78 Å². The minimum absolute atomic E-state index is 0.155. The maximum absolute atomic E-state index is 14.0. The molecule has 1 aromatic rings. The number of carbonyl (C=O) groups is 3. The maximum Gasteiger partial charge on any atom is 0.336 e. The van der Waals surface area contributed by atoms with Gasteiger partial charge in [-0.25, -0.2) is 9.18 Å². The zero-order valence-corrected chi connectivity index (χ0v) is 16.9. The number of hydrogen-bond donors (Lipinski definition) is 0. The van der Waals surface area contributed by atoms with E-state index in [0.717, 1.165) is 0 Å². The van der Waals surface area contributed by atoms with E-state index in [4.69, 9.17) is 9.47 Å². The number of Topliss-reactive ketones (excluding diaryl/α,β-unsaturated/α-hetero) is 1. The lowest BCUT2D eigenvalue weighted by atomic mass is 9.64. The van der Waals surface area contributed by atoms with Gasteiger partial charge in [0.25, 0.3) is 0 Å². The van der Waals surface area contributed by atoms with Crippen molar-refractivity contribution >= 4 is 23.4 Å². The number of fused-ring (bicyclic) bond motifs is 1. The van der Waals surface area contributed by atoms with Gasteiger partial charge < -0.3 is 9.47 Å². The molecule has 154 valence electrons. The molecular formula is C22H24FNO5. The van der Waals surface area contributed by atoms with Crippen LogP contribution in [-0.2, 0) is 23.9 Å². The van der Waals surface area contributed by atoms with E-state index in [1.165, 1.54) is 25.3 Å². The zero-order valence-electron chi connectivity index (χ0n) is 16.9. The highest BCUT2D eigenvalue weighted by Crippen LogP contribution is 2.45. The van der Waals surface area contributed by atoms with E-state index in [-0.39, 0.29) is 23.9 Å². The van der Waals surface area contributed by atoms with E-state index in [2.05, 4.69) is 4.99 Å². The molecule has 0 spiro atoms. The van der Waals surface area contributed by atoms with Crippen molar-refractivity contribution in [3.05, 3.63) is 46.9 Å². The van der Waals surface area contributed by atoms with Gasteiger partial charge in [0.1, 0.15) is 11.7 Å². The highest BCUT2D eigenvalue weighted by molar-refractivity contribution is 6.17. The van der Waals surface area contributed by atoms with Gasteiger partial charge in [-0.05, 0) is 43.9 Å². The number of halogens is 1. The van der Waals surface area contributed by atoms with Crippen LogP contribution in [0.4, 0.5) is 4.39 Å². The molecule has 7 heteroatoms. The molecule has 0 amide bonds. The van der Waals surface area contributed by atoms with Crippen LogP contribution in [0.1, 0.15) is 38.7 Å². The number of carbonyl (C=O) groups excluding carboxylic acids is 3. The van der Waals surface area contributed by atoms with Crippen LogP contribution < -0.4 is 0 Å². The van der Waals surface area contributed by atoms with E-state index in [0.29, 0.717) is 23.4 Å². The SMILES string of the molecule is CCOC(=O)C1=C(C)N=C2C[C@@H](C)[C@@H](C(=O)OC)C(=O)[C@@H]2[C@H]1c1cccc(F)c1. The largest absolute Gasteiger partial charge is 0.468 e. The lowest BCUT2D eigenvalue weighted by Gasteiger charge is -2.40. The summed E-state index contributed by atoms with van der Waals surface area (Å²) in [6.07, 6.45) is 0.412.